The molecule has 0 unspecified atom stereocenters. The van der Waals surface area contributed by atoms with Crippen molar-refractivity contribution in [1.82, 2.24) is 29.8 Å². The van der Waals surface area contributed by atoms with Gasteiger partial charge in [-0.25, -0.2) is 10.1 Å². The van der Waals surface area contributed by atoms with E-state index < -0.39 is 0 Å². The first-order valence-corrected chi connectivity index (χ1v) is 8.69. The molecule has 0 amide bonds. The molecular weight excluding hydrogens is 336 g/mol. The molecule has 25 heavy (non-hydrogen) atoms. The number of thioether (sulfide) groups is 1. The number of nitrogens with one attached hydrogen (secondary N) is 1. The maximum absolute atomic E-state index is 5.74. The van der Waals surface area contributed by atoms with Crippen LogP contribution in [0.2, 0.25) is 0 Å². The lowest BCUT2D eigenvalue weighted by Crippen LogP contribution is -1.87. The molecule has 0 saturated carbocycles. The second kappa shape index (κ2) is 5.75. The van der Waals surface area contributed by atoms with E-state index in [0.717, 1.165) is 27.5 Å². The molecule has 7 nitrogen and oxygen atoms in total. The highest BCUT2D eigenvalue weighted by atomic mass is 32.2. The van der Waals surface area contributed by atoms with Crippen molar-refractivity contribution in [3.63, 3.8) is 0 Å². The fraction of sp³-hybridized carbons (Fsp3) is 0.0588. The van der Waals surface area contributed by atoms with Gasteiger partial charge in [-0.3, -0.25) is 4.40 Å². The standard InChI is InChI=1S/C17H12N6OS/c1-2-6-11(7-3-1)15-20-19-14(24-15)10-25-17-22-21-16-18-12-8-4-5-9-13(12)23(16)17/h1-9H,10H2,(H,18,21). The van der Waals surface area contributed by atoms with Gasteiger partial charge in [0.15, 0.2) is 5.16 Å². The summed E-state index contributed by atoms with van der Waals surface area (Å²) in [5.74, 6) is 2.34. The molecule has 0 bridgehead atoms. The molecule has 0 radical (unpaired) electrons. The van der Waals surface area contributed by atoms with Crippen LogP contribution in [0, 0.1) is 0 Å². The average Bonchev–Trinajstić information content (AvgIpc) is 3.36. The Morgan fingerprint density at radius 1 is 1.00 bits per heavy atom. The van der Waals surface area contributed by atoms with Crippen molar-refractivity contribution in [2.45, 2.75) is 10.9 Å². The smallest absolute Gasteiger partial charge is 0.247 e. The molecule has 0 aliphatic heterocycles. The number of rotatable bonds is 4. The zero-order valence-electron chi connectivity index (χ0n) is 13.0. The molecule has 3 aromatic heterocycles. The lowest BCUT2D eigenvalue weighted by molar-refractivity contribution is 0.528. The van der Waals surface area contributed by atoms with Crippen LogP contribution in [0.15, 0.2) is 64.2 Å². The highest BCUT2D eigenvalue weighted by Gasteiger charge is 2.14. The molecule has 0 fully saturated rings. The molecule has 0 aliphatic carbocycles. The normalized spacial score (nSPS) is 11.5. The summed E-state index contributed by atoms with van der Waals surface area (Å²) in [4.78, 5) is 4.51. The lowest BCUT2D eigenvalue weighted by atomic mass is 10.2. The van der Waals surface area contributed by atoms with Crippen LogP contribution < -0.4 is 0 Å². The van der Waals surface area contributed by atoms with Crippen molar-refractivity contribution in [2.75, 3.05) is 0 Å². The minimum Gasteiger partial charge on any atom is -0.420 e. The number of hydrogen-bond acceptors (Lipinski definition) is 6. The van der Waals surface area contributed by atoms with E-state index in [4.69, 9.17) is 4.42 Å². The Hall–Kier alpha value is -3.13. The second-order valence-electron chi connectivity index (χ2n) is 5.42. The van der Waals surface area contributed by atoms with Gasteiger partial charge in [-0.15, -0.1) is 15.3 Å². The Bertz CT molecular complexity index is 1160. The molecule has 0 saturated heterocycles. The van der Waals surface area contributed by atoms with Crippen molar-refractivity contribution in [3.8, 4) is 11.5 Å². The van der Waals surface area contributed by atoms with Crippen molar-refractivity contribution in [1.29, 1.82) is 0 Å². The maximum Gasteiger partial charge on any atom is 0.247 e. The molecule has 3 heterocycles. The van der Waals surface area contributed by atoms with Crippen LogP contribution in [-0.4, -0.2) is 29.8 Å². The van der Waals surface area contributed by atoms with E-state index in [1.807, 2.05) is 59.0 Å². The predicted octanol–water partition coefficient (Wildman–Crippen LogP) is 3.55. The fourth-order valence-corrected chi connectivity index (χ4v) is 3.47. The van der Waals surface area contributed by atoms with Gasteiger partial charge in [-0.2, -0.15) is 0 Å². The van der Waals surface area contributed by atoms with E-state index in [-0.39, 0.29) is 0 Å². The topological polar surface area (TPSA) is 84.9 Å². The van der Waals surface area contributed by atoms with E-state index in [9.17, 15) is 0 Å². The van der Waals surface area contributed by atoms with Gasteiger partial charge in [0.2, 0.25) is 17.6 Å². The first-order chi connectivity index (χ1) is 12.4. The largest absolute Gasteiger partial charge is 0.420 e. The summed E-state index contributed by atoms with van der Waals surface area (Å²) in [6.45, 7) is 0. The number of H-pyrrole nitrogens is 1. The van der Waals surface area contributed by atoms with Gasteiger partial charge in [-0.05, 0) is 24.3 Å². The van der Waals surface area contributed by atoms with Crippen LogP contribution in [0.4, 0.5) is 0 Å². The Kier molecular flexibility index (Phi) is 3.27. The van der Waals surface area contributed by atoms with Crippen LogP contribution in [0.3, 0.4) is 0 Å². The van der Waals surface area contributed by atoms with Gasteiger partial charge >= 0.3 is 0 Å². The van der Waals surface area contributed by atoms with Crippen LogP contribution in [0.25, 0.3) is 28.3 Å². The van der Waals surface area contributed by atoms with Gasteiger partial charge < -0.3 is 4.42 Å². The molecule has 0 aliphatic rings. The molecule has 8 heteroatoms. The van der Waals surface area contributed by atoms with E-state index in [0.29, 0.717) is 17.5 Å². The van der Waals surface area contributed by atoms with Crippen LogP contribution in [-0.2, 0) is 5.75 Å². The van der Waals surface area contributed by atoms with Crippen molar-refractivity contribution in [2.24, 2.45) is 0 Å². The molecule has 0 atom stereocenters. The summed E-state index contributed by atoms with van der Waals surface area (Å²) >= 11 is 1.52. The second-order valence-corrected chi connectivity index (χ2v) is 6.36. The number of para-hydroxylation sites is 2. The summed E-state index contributed by atoms with van der Waals surface area (Å²) in [5.41, 5.74) is 2.86. The number of fused-ring (bicyclic) bond motifs is 3. The number of aromatic nitrogens is 6. The third kappa shape index (κ3) is 2.47. The Morgan fingerprint density at radius 2 is 1.84 bits per heavy atom. The summed E-state index contributed by atoms with van der Waals surface area (Å²) in [5, 5.41) is 16.3. The van der Waals surface area contributed by atoms with Crippen LogP contribution >= 0.6 is 11.8 Å². The number of nitrogens with zero attached hydrogens (tertiary/aromatic N) is 5. The van der Waals surface area contributed by atoms with Crippen LogP contribution in [0.1, 0.15) is 5.89 Å². The summed E-state index contributed by atoms with van der Waals surface area (Å²) < 4.78 is 7.74. The molecule has 0 spiro atoms. The zero-order chi connectivity index (χ0) is 16.6. The molecule has 5 rings (SSSR count). The van der Waals surface area contributed by atoms with Gasteiger partial charge in [0, 0.05) is 5.56 Å². The minimum atomic E-state index is 0.524. The number of aromatic amines is 1. The van der Waals surface area contributed by atoms with Gasteiger partial charge in [0.25, 0.3) is 0 Å². The highest BCUT2D eigenvalue weighted by molar-refractivity contribution is 7.98. The van der Waals surface area contributed by atoms with Gasteiger partial charge in [0.1, 0.15) is 0 Å². The third-order valence-corrected chi connectivity index (χ3v) is 4.74. The monoisotopic (exact) mass is 348 g/mol. The summed E-state index contributed by atoms with van der Waals surface area (Å²) in [6, 6.07) is 17.7. The van der Waals surface area contributed by atoms with Crippen molar-refractivity contribution < 1.29 is 4.42 Å². The van der Waals surface area contributed by atoms with Crippen LogP contribution in [0.5, 0.6) is 0 Å². The quantitative estimate of drug-likeness (QED) is 0.500. The summed E-state index contributed by atoms with van der Waals surface area (Å²) in [7, 11) is 0. The SMILES string of the molecule is c1ccc(-c2nnc(CSc3n[nH]c4nc5ccccc5n34)o2)cc1. The van der Waals surface area contributed by atoms with Crippen molar-refractivity contribution in [3.05, 3.63) is 60.5 Å². The molecule has 1 N–H and O–H groups in total. The Labute approximate surface area is 146 Å². The molecule has 5 aromatic rings. The van der Waals surface area contributed by atoms with E-state index in [1.54, 1.807) is 0 Å². The summed E-state index contributed by atoms with van der Waals surface area (Å²) in [6.07, 6.45) is 0. The number of hydrogen-bond donors (Lipinski definition) is 1. The Balaban J connectivity index is 1.42. The Morgan fingerprint density at radius 3 is 2.76 bits per heavy atom. The van der Waals surface area contributed by atoms with E-state index >= 15 is 0 Å². The number of benzene rings is 2. The van der Waals surface area contributed by atoms with Gasteiger partial charge in [0.05, 0.1) is 16.8 Å². The predicted molar refractivity (Wildman–Crippen MR) is 94.1 cm³/mol. The zero-order valence-corrected chi connectivity index (χ0v) is 13.8. The maximum atomic E-state index is 5.74. The van der Waals surface area contributed by atoms with Gasteiger partial charge in [-0.1, -0.05) is 42.1 Å². The highest BCUT2D eigenvalue weighted by Crippen LogP contribution is 2.26. The first kappa shape index (κ1) is 14.2. The van der Waals surface area contributed by atoms with E-state index in [2.05, 4.69) is 25.4 Å². The fourth-order valence-electron chi connectivity index (χ4n) is 2.67. The molecule has 2 aromatic carbocycles. The van der Waals surface area contributed by atoms with E-state index in [1.165, 1.54) is 11.8 Å². The number of imidazole rings is 1. The third-order valence-electron chi connectivity index (χ3n) is 3.82. The average molecular weight is 348 g/mol. The first-order valence-electron chi connectivity index (χ1n) is 7.71. The van der Waals surface area contributed by atoms with Crippen molar-refractivity contribution >= 4 is 28.6 Å². The molecular formula is C17H12N6OS. The molecule has 122 valence electrons. The lowest BCUT2D eigenvalue weighted by Gasteiger charge is -1.96. The minimum absolute atomic E-state index is 0.524.